The maximum atomic E-state index is 13.3. The summed E-state index contributed by atoms with van der Waals surface area (Å²) in [6.07, 6.45) is 0. The van der Waals surface area contributed by atoms with Gasteiger partial charge >= 0.3 is 0 Å². The first-order valence-electron chi connectivity index (χ1n) is 5.15. The highest BCUT2D eigenvalue weighted by molar-refractivity contribution is 9.09. The predicted molar refractivity (Wildman–Crippen MR) is 72.8 cm³/mol. The smallest absolute Gasteiger partial charge is 0.165 e. The van der Waals surface area contributed by atoms with E-state index in [0.717, 1.165) is 5.56 Å². The summed E-state index contributed by atoms with van der Waals surface area (Å²) in [6.45, 7) is 2.07. The lowest BCUT2D eigenvalue weighted by molar-refractivity contribution is 0.386. The number of aryl methyl sites for hydroxylation is 1. The molecule has 1 unspecified atom stereocenters. The highest BCUT2D eigenvalue weighted by Gasteiger charge is 2.14. The lowest BCUT2D eigenvalue weighted by Crippen LogP contribution is -1.93. The van der Waals surface area contributed by atoms with Gasteiger partial charge in [-0.15, -0.1) is 11.3 Å². The number of alkyl halides is 1. The van der Waals surface area contributed by atoms with Crippen LogP contribution in [0.3, 0.4) is 0 Å². The van der Waals surface area contributed by atoms with Crippen LogP contribution >= 0.6 is 27.3 Å². The van der Waals surface area contributed by atoms with Crippen molar-refractivity contribution in [1.82, 2.24) is 0 Å². The molecule has 0 fully saturated rings. The summed E-state index contributed by atoms with van der Waals surface area (Å²) in [7, 11) is 1.47. The van der Waals surface area contributed by atoms with Crippen molar-refractivity contribution in [2.24, 2.45) is 0 Å². The van der Waals surface area contributed by atoms with Crippen LogP contribution < -0.4 is 4.74 Å². The van der Waals surface area contributed by atoms with Crippen molar-refractivity contribution in [1.29, 1.82) is 0 Å². The van der Waals surface area contributed by atoms with E-state index in [1.54, 1.807) is 23.5 Å². The molecule has 0 N–H and O–H groups in total. The predicted octanol–water partition coefficient (Wildman–Crippen LogP) is 4.69. The van der Waals surface area contributed by atoms with E-state index in [0.29, 0.717) is 0 Å². The van der Waals surface area contributed by atoms with Crippen molar-refractivity contribution in [2.75, 3.05) is 7.11 Å². The van der Waals surface area contributed by atoms with Crippen LogP contribution in [-0.4, -0.2) is 7.11 Å². The molecule has 1 heterocycles. The Morgan fingerprint density at radius 2 is 2.06 bits per heavy atom. The lowest BCUT2D eigenvalue weighted by Gasteiger charge is -2.10. The Hall–Kier alpha value is -0.870. The Bertz CT molecular complexity index is 524. The first-order chi connectivity index (χ1) is 8.11. The summed E-state index contributed by atoms with van der Waals surface area (Å²) in [5.74, 6) is -0.0569. The second kappa shape index (κ2) is 5.19. The Labute approximate surface area is 112 Å². The van der Waals surface area contributed by atoms with Gasteiger partial charge in [0.2, 0.25) is 0 Å². The van der Waals surface area contributed by atoms with Gasteiger partial charge in [0.05, 0.1) is 11.9 Å². The topological polar surface area (TPSA) is 9.23 Å². The van der Waals surface area contributed by atoms with E-state index in [2.05, 4.69) is 35.0 Å². The number of methoxy groups -OCH3 is 1. The minimum Gasteiger partial charge on any atom is -0.494 e. The third-order valence-electron chi connectivity index (χ3n) is 2.48. The van der Waals surface area contributed by atoms with Gasteiger partial charge < -0.3 is 4.74 Å². The van der Waals surface area contributed by atoms with Crippen molar-refractivity contribution >= 4 is 27.3 Å². The van der Waals surface area contributed by atoms with Gasteiger partial charge in [0.15, 0.2) is 11.6 Å². The normalized spacial score (nSPS) is 12.5. The van der Waals surface area contributed by atoms with E-state index < -0.39 is 0 Å². The number of benzene rings is 1. The molecule has 1 aromatic carbocycles. The van der Waals surface area contributed by atoms with Crippen molar-refractivity contribution in [3.63, 3.8) is 0 Å². The Morgan fingerprint density at radius 1 is 1.29 bits per heavy atom. The molecule has 90 valence electrons. The molecule has 0 radical (unpaired) electrons. The maximum absolute atomic E-state index is 13.3. The molecule has 17 heavy (non-hydrogen) atoms. The van der Waals surface area contributed by atoms with Crippen molar-refractivity contribution in [3.05, 3.63) is 51.5 Å². The van der Waals surface area contributed by atoms with E-state index in [9.17, 15) is 4.39 Å². The molecule has 1 nitrogen and oxygen atoms in total. The van der Waals surface area contributed by atoms with E-state index in [-0.39, 0.29) is 16.4 Å². The molecule has 1 aromatic heterocycles. The SMILES string of the molecule is COc1cc(C(Br)c2ccc(C)s2)ccc1F. The number of hydrogen-bond donors (Lipinski definition) is 0. The molecule has 0 aliphatic rings. The van der Waals surface area contributed by atoms with Crippen molar-refractivity contribution in [3.8, 4) is 5.75 Å². The van der Waals surface area contributed by atoms with Crippen molar-refractivity contribution < 1.29 is 9.13 Å². The molecule has 0 aliphatic carbocycles. The maximum Gasteiger partial charge on any atom is 0.165 e. The Balaban J connectivity index is 2.34. The molecular formula is C13H12BrFOS. The van der Waals surface area contributed by atoms with Gasteiger partial charge in [-0.25, -0.2) is 4.39 Å². The fraction of sp³-hybridized carbons (Fsp3) is 0.231. The fourth-order valence-electron chi connectivity index (χ4n) is 1.59. The zero-order valence-corrected chi connectivity index (χ0v) is 11.9. The van der Waals surface area contributed by atoms with Gasteiger partial charge in [-0.1, -0.05) is 22.0 Å². The van der Waals surface area contributed by atoms with Gasteiger partial charge in [0.25, 0.3) is 0 Å². The van der Waals surface area contributed by atoms with Gasteiger partial charge in [-0.05, 0) is 36.8 Å². The van der Waals surface area contributed by atoms with Gasteiger partial charge in [0.1, 0.15) is 0 Å². The van der Waals surface area contributed by atoms with Crippen LogP contribution in [0.1, 0.15) is 20.1 Å². The molecule has 0 spiro atoms. The standard InChI is InChI=1S/C13H12BrFOS/c1-8-3-6-12(17-8)13(14)9-4-5-10(15)11(7-9)16-2/h3-7,13H,1-2H3. The van der Waals surface area contributed by atoms with Gasteiger partial charge in [-0.2, -0.15) is 0 Å². The van der Waals surface area contributed by atoms with Crippen LogP contribution in [0.2, 0.25) is 0 Å². The second-order valence-electron chi connectivity index (χ2n) is 3.70. The van der Waals surface area contributed by atoms with Crippen LogP contribution in [0.15, 0.2) is 30.3 Å². The van der Waals surface area contributed by atoms with E-state index in [1.165, 1.54) is 22.9 Å². The van der Waals surface area contributed by atoms with Crippen LogP contribution in [-0.2, 0) is 0 Å². The summed E-state index contributed by atoms with van der Waals surface area (Å²) in [5.41, 5.74) is 0.991. The summed E-state index contributed by atoms with van der Waals surface area (Å²) < 4.78 is 18.3. The molecule has 0 aliphatic heterocycles. The number of ether oxygens (including phenoxy) is 1. The molecule has 0 amide bonds. The van der Waals surface area contributed by atoms with E-state index >= 15 is 0 Å². The fourth-order valence-corrected chi connectivity index (χ4v) is 3.19. The summed E-state index contributed by atoms with van der Waals surface area (Å²) >= 11 is 5.35. The number of hydrogen-bond acceptors (Lipinski definition) is 2. The van der Waals surface area contributed by atoms with Crippen LogP contribution in [0.25, 0.3) is 0 Å². The first-order valence-corrected chi connectivity index (χ1v) is 6.89. The first kappa shape index (κ1) is 12.6. The van der Waals surface area contributed by atoms with Crippen molar-refractivity contribution in [2.45, 2.75) is 11.8 Å². The van der Waals surface area contributed by atoms with Gasteiger partial charge in [-0.3, -0.25) is 0 Å². The summed E-state index contributed by atoms with van der Waals surface area (Å²) in [5, 5.41) is 0. The minimum absolute atomic E-state index is 0.0794. The zero-order chi connectivity index (χ0) is 12.4. The quantitative estimate of drug-likeness (QED) is 0.747. The molecule has 4 heteroatoms. The highest BCUT2D eigenvalue weighted by Crippen LogP contribution is 2.36. The van der Waals surface area contributed by atoms with E-state index in [4.69, 9.17) is 4.74 Å². The molecule has 1 atom stereocenters. The van der Waals surface area contributed by atoms with Crippen LogP contribution in [0, 0.1) is 12.7 Å². The third kappa shape index (κ3) is 2.69. The van der Waals surface area contributed by atoms with Crippen LogP contribution in [0.4, 0.5) is 4.39 Å². The average Bonchev–Trinajstić information content (AvgIpc) is 2.75. The molecule has 2 aromatic rings. The molecular weight excluding hydrogens is 303 g/mol. The second-order valence-corrected chi connectivity index (χ2v) is 5.94. The molecule has 0 saturated carbocycles. The third-order valence-corrected chi connectivity index (χ3v) is 4.87. The molecule has 0 saturated heterocycles. The Morgan fingerprint density at radius 3 is 2.65 bits per heavy atom. The number of halogens is 2. The van der Waals surface area contributed by atoms with Crippen LogP contribution in [0.5, 0.6) is 5.75 Å². The molecule has 0 bridgehead atoms. The highest BCUT2D eigenvalue weighted by atomic mass is 79.9. The monoisotopic (exact) mass is 314 g/mol. The lowest BCUT2D eigenvalue weighted by atomic mass is 10.1. The number of thiophene rings is 1. The number of rotatable bonds is 3. The largest absolute Gasteiger partial charge is 0.494 e. The Kier molecular flexibility index (Phi) is 3.84. The minimum atomic E-state index is -0.335. The summed E-state index contributed by atoms with van der Waals surface area (Å²) in [4.78, 5) is 2.55. The molecule has 2 rings (SSSR count). The van der Waals surface area contributed by atoms with Gasteiger partial charge in [0, 0.05) is 9.75 Å². The zero-order valence-electron chi connectivity index (χ0n) is 9.54. The summed E-state index contributed by atoms with van der Waals surface area (Å²) in [6, 6.07) is 9.09. The average molecular weight is 315 g/mol. The van der Waals surface area contributed by atoms with E-state index in [1.807, 2.05) is 0 Å².